The van der Waals surface area contributed by atoms with Crippen LogP contribution in [-0.2, 0) is 6.54 Å². The van der Waals surface area contributed by atoms with Crippen molar-refractivity contribution in [2.24, 2.45) is 5.92 Å². The monoisotopic (exact) mass is 361 g/mol. The molecule has 0 saturated carbocycles. The Balaban J connectivity index is 1.54. The zero-order valence-corrected chi connectivity index (χ0v) is 16.9. The number of hydrogen-bond acceptors (Lipinski definition) is 4. The lowest BCUT2D eigenvalue weighted by Crippen LogP contribution is -2.52. The van der Waals surface area contributed by atoms with Crippen molar-refractivity contribution in [3.05, 3.63) is 17.5 Å². The second-order valence-electron chi connectivity index (χ2n) is 8.08. The van der Waals surface area contributed by atoms with Crippen molar-refractivity contribution in [3.8, 4) is 0 Å². The molecule has 2 aliphatic heterocycles. The molecule has 3 heterocycles. The van der Waals surface area contributed by atoms with Crippen molar-refractivity contribution < 1.29 is 4.79 Å². The number of likely N-dealkylation sites (N-methyl/N-ethyl adjacent to an activating group) is 1. The molecule has 1 aromatic rings. The third-order valence-electron chi connectivity index (χ3n) is 6.39. The minimum Gasteiger partial charge on any atom is -0.339 e. The van der Waals surface area contributed by atoms with E-state index in [4.69, 9.17) is 0 Å². The van der Waals surface area contributed by atoms with Gasteiger partial charge in [-0.2, -0.15) is 5.10 Å². The number of aryl methyl sites for hydroxylation is 1. The van der Waals surface area contributed by atoms with Crippen LogP contribution >= 0.6 is 0 Å². The van der Waals surface area contributed by atoms with E-state index in [2.05, 4.69) is 35.8 Å². The van der Waals surface area contributed by atoms with Gasteiger partial charge >= 0.3 is 0 Å². The van der Waals surface area contributed by atoms with E-state index in [1.54, 1.807) is 6.20 Å². The van der Waals surface area contributed by atoms with Gasteiger partial charge in [-0.15, -0.1) is 0 Å². The summed E-state index contributed by atoms with van der Waals surface area (Å²) in [7, 11) is 2.21. The summed E-state index contributed by atoms with van der Waals surface area (Å²) in [5, 5.41) is 4.39. The van der Waals surface area contributed by atoms with E-state index in [1.165, 1.54) is 26.2 Å². The summed E-state index contributed by atoms with van der Waals surface area (Å²) >= 11 is 0. The smallest absolute Gasteiger partial charge is 0.257 e. The van der Waals surface area contributed by atoms with Gasteiger partial charge in [0.2, 0.25) is 0 Å². The van der Waals surface area contributed by atoms with Gasteiger partial charge in [0.1, 0.15) is 0 Å². The fourth-order valence-electron chi connectivity index (χ4n) is 4.38. The fourth-order valence-corrected chi connectivity index (χ4v) is 4.38. The van der Waals surface area contributed by atoms with E-state index in [-0.39, 0.29) is 5.91 Å². The molecule has 6 nitrogen and oxygen atoms in total. The van der Waals surface area contributed by atoms with E-state index in [1.807, 2.05) is 16.5 Å². The van der Waals surface area contributed by atoms with Crippen LogP contribution in [0.4, 0.5) is 0 Å². The summed E-state index contributed by atoms with van der Waals surface area (Å²) in [4.78, 5) is 20.0. The molecule has 2 saturated heterocycles. The van der Waals surface area contributed by atoms with Crippen LogP contribution in [0.3, 0.4) is 0 Å². The zero-order chi connectivity index (χ0) is 18.7. The molecule has 1 aromatic heterocycles. The highest BCUT2D eigenvalue weighted by Gasteiger charge is 2.31. The van der Waals surface area contributed by atoms with Crippen LogP contribution in [0.2, 0.25) is 0 Å². The number of rotatable bonds is 5. The van der Waals surface area contributed by atoms with E-state index in [0.717, 1.165) is 50.2 Å². The maximum absolute atomic E-state index is 12.9. The molecule has 1 unspecified atom stereocenters. The summed E-state index contributed by atoms with van der Waals surface area (Å²) in [6.07, 6.45) is 5.01. The molecular weight excluding hydrogens is 326 g/mol. The molecule has 26 heavy (non-hydrogen) atoms. The minimum atomic E-state index is 0.163. The normalized spacial score (nSPS) is 21.9. The summed E-state index contributed by atoms with van der Waals surface area (Å²) < 4.78 is 1.95. The Bertz CT molecular complexity index is 597. The Kier molecular flexibility index (Phi) is 6.35. The highest BCUT2D eigenvalue weighted by molar-refractivity contribution is 5.95. The average Bonchev–Trinajstić information content (AvgIpc) is 3.02. The lowest BCUT2D eigenvalue weighted by Gasteiger charge is -2.42. The number of piperidine rings is 1. The number of hydrogen-bond donors (Lipinski definition) is 0. The molecule has 146 valence electrons. The fraction of sp³-hybridized carbons (Fsp3) is 0.800. The number of carbonyl (C=O) groups excluding carboxylic acids is 1. The maximum Gasteiger partial charge on any atom is 0.257 e. The molecule has 0 aromatic carbocycles. The van der Waals surface area contributed by atoms with Crippen LogP contribution in [0.25, 0.3) is 0 Å². The summed E-state index contributed by atoms with van der Waals surface area (Å²) in [6, 6.07) is 0.620. The van der Waals surface area contributed by atoms with E-state index < -0.39 is 0 Å². The van der Waals surface area contributed by atoms with E-state index >= 15 is 0 Å². The largest absolute Gasteiger partial charge is 0.339 e. The SMILES string of the molecule is CCCn1ncc(C(=O)N2CCC(C(C)N3CCN(C)CC3)CC2)c1C. The Hall–Kier alpha value is -1.40. The number of amides is 1. The number of nitrogens with zero attached hydrogens (tertiary/aromatic N) is 5. The van der Waals surface area contributed by atoms with Crippen molar-refractivity contribution in [2.75, 3.05) is 46.3 Å². The van der Waals surface area contributed by atoms with Gasteiger partial charge in [-0.3, -0.25) is 14.4 Å². The minimum absolute atomic E-state index is 0.163. The molecule has 1 amide bonds. The lowest BCUT2D eigenvalue weighted by atomic mass is 9.89. The quantitative estimate of drug-likeness (QED) is 0.806. The van der Waals surface area contributed by atoms with Gasteiger partial charge in [0, 0.05) is 57.5 Å². The highest BCUT2D eigenvalue weighted by Crippen LogP contribution is 2.26. The van der Waals surface area contributed by atoms with Crippen molar-refractivity contribution >= 4 is 5.91 Å². The number of aromatic nitrogens is 2. The molecule has 3 rings (SSSR count). The van der Waals surface area contributed by atoms with Crippen molar-refractivity contribution in [3.63, 3.8) is 0 Å². The van der Waals surface area contributed by atoms with Gasteiger partial charge in [0.25, 0.3) is 5.91 Å². The first-order valence-corrected chi connectivity index (χ1v) is 10.3. The predicted molar refractivity (Wildman–Crippen MR) is 104 cm³/mol. The van der Waals surface area contributed by atoms with E-state index in [0.29, 0.717) is 12.0 Å². The van der Waals surface area contributed by atoms with E-state index in [9.17, 15) is 4.79 Å². The van der Waals surface area contributed by atoms with Crippen molar-refractivity contribution in [1.29, 1.82) is 0 Å². The van der Waals surface area contributed by atoms with Crippen molar-refractivity contribution in [1.82, 2.24) is 24.5 Å². The highest BCUT2D eigenvalue weighted by atomic mass is 16.2. The van der Waals surface area contributed by atoms with Crippen LogP contribution in [0.15, 0.2) is 6.20 Å². The van der Waals surface area contributed by atoms with Gasteiger partial charge in [-0.05, 0) is 46.1 Å². The van der Waals surface area contributed by atoms with Gasteiger partial charge in [0.05, 0.1) is 11.8 Å². The second kappa shape index (κ2) is 8.53. The predicted octanol–water partition coefficient (Wildman–Crippen LogP) is 2.09. The molecule has 0 bridgehead atoms. The molecule has 0 aliphatic carbocycles. The second-order valence-corrected chi connectivity index (χ2v) is 8.08. The van der Waals surface area contributed by atoms with Crippen LogP contribution in [0.1, 0.15) is 49.2 Å². The molecule has 0 N–H and O–H groups in total. The molecule has 0 spiro atoms. The first-order chi connectivity index (χ1) is 12.5. The summed E-state index contributed by atoms with van der Waals surface area (Å²) in [5.74, 6) is 0.863. The Labute approximate surface area is 158 Å². The Morgan fingerprint density at radius 1 is 1.19 bits per heavy atom. The standard InChI is InChI=1S/C20H35N5O/c1-5-8-25-17(3)19(15-21-25)20(26)24-9-6-18(7-10-24)16(2)23-13-11-22(4)12-14-23/h15-16,18H,5-14H2,1-4H3. The zero-order valence-electron chi connectivity index (χ0n) is 16.9. The molecule has 1 atom stereocenters. The number of carbonyl (C=O) groups is 1. The average molecular weight is 362 g/mol. The van der Waals surface area contributed by atoms with Gasteiger partial charge in [-0.1, -0.05) is 6.92 Å². The third kappa shape index (κ3) is 4.12. The summed E-state index contributed by atoms with van der Waals surface area (Å²) in [5.41, 5.74) is 1.79. The van der Waals surface area contributed by atoms with Gasteiger partial charge < -0.3 is 9.80 Å². The number of piperazine rings is 1. The Morgan fingerprint density at radius 2 is 1.85 bits per heavy atom. The molecule has 0 radical (unpaired) electrons. The first kappa shape index (κ1) is 19.4. The number of likely N-dealkylation sites (tertiary alicyclic amines) is 1. The topological polar surface area (TPSA) is 44.6 Å². The maximum atomic E-state index is 12.9. The molecular formula is C20H35N5O. The van der Waals surface area contributed by atoms with Crippen molar-refractivity contribution in [2.45, 2.75) is 52.6 Å². The van der Waals surface area contributed by atoms with Crippen LogP contribution in [0.5, 0.6) is 0 Å². The van der Waals surface area contributed by atoms with Crippen LogP contribution in [-0.4, -0.2) is 82.7 Å². The first-order valence-electron chi connectivity index (χ1n) is 10.3. The van der Waals surface area contributed by atoms with Crippen LogP contribution in [0, 0.1) is 12.8 Å². The molecule has 2 fully saturated rings. The Morgan fingerprint density at radius 3 is 2.46 bits per heavy atom. The lowest BCUT2D eigenvalue weighted by molar-refractivity contribution is 0.0499. The van der Waals surface area contributed by atoms with Crippen LogP contribution < -0.4 is 0 Å². The summed E-state index contributed by atoms with van der Waals surface area (Å²) in [6.45, 7) is 13.8. The molecule has 2 aliphatic rings. The van der Waals surface area contributed by atoms with Gasteiger partial charge in [-0.25, -0.2) is 0 Å². The third-order valence-corrected chi connectivity index (χ3v) is 6.39. The van der Waals surface area contributed by atoms with Gasteiger partial charge in [0.15, 0.2) is 0 Å². The molecule has 6 heteroatoms.